The van der Waals surface area contributed by atoms with Gasteiger partial charge in [-0.1, -0.05) is 6.92 Å². The van der Waals surface area contributed by atoms with E-state index >= 15 is 0 Å². The minimum atomic E-state index is 0.133. The fraction of sp³-hybridized carbons (Fsp3) is 1.00. The highest BCUT2D eigenvalue weighted by Gasteiger charge is 2.40. The van der Waals surface area contributed by atoms with E-state index in [1.807, 2.05) is 11.8 Å². The second-order valence-corrected chi connectivity index (χ2v) is 4.46. The summed E-state index contributed by atoms with van der Waals surface area (Å²) in [4.78, 5) is 0. The first-order valence-corrected chi connectivity index (χ1v) is 5.42. The maximum Gasteiger partial charge on any atom is 0.0613 e. The van der Waals surface area contributed by atoms with Gasteiger partial charge in [-0.25, -0.2) is 0 Å². The fourth-order valence-electron chi connectivity index (χ4n) is 1.07. The summed E-state index contributed by atoms with van der Waals surface area (Å²) >= 11 is 1.94. The van der Waals surface area contributed by atoms with Gasteiger partial charge in [0.25, 0.3) is 0 Å². The summed E-state index contributed by atoms with van der Waals surface area (Å²) in [5.41, 5.74) is 0.133. The predicted molar refractivity (Wildman–Crippen MR) is 50.1 cm³/mol. The molecule has 0 aromatic heterocycles. The molecule has 1 aliphatic rings. The zero-order valence-corrected chi connectivity index (χ0v) is 7.91. The van der Waals surface area contributed by atoms with E-state index in [2.05, 4.69) is 12.2 Å². The zero-order chi connectivity index (χ0) is 8.16. The number of aliphatic hydroxyl groups is 1. The van der Waals surface area contributed by atoms with Gasteiger partial charge in [0.1, 0.15) is 0 Å². The molecule has 1 aliphatic carbocycles. The molecule has 3 heteroatoms. The molecule has 0 bridgehead atoms. The Morgan fingerprint density at radius 1 is 1.55 bits per heavy atom. The monoisotopic (exact) mass is 175 g/mol. The standard InChI is InChI=1S/C8H17NOS/c1-2-11-6-5-9-8(7-10)3-4-8/h9-10H,2-7H2,1H3. The van der Waals surface area contributed by atoms with Crippen molar-refractivity contribution in [1.29, 1.82) is 0 Å². The molecule has 0 heterocycles. The molecule has 0 aromatic rings. The van der Waals surface area contributed by atoms with Crippen molar-refractivity contribution in [2.75, 3.05) is 24.7 Å². The van der Waals surface area contributed by atoms with Crippen molar-refractivity contribution < 1.29 is 5.11 Å². The van der Waals surface area contributed by atoms with E-state index in [1.165, 1.54) is 5.75 Å². The van der Waals surface area contributed by atoms with Crippen LogP contribution in [0.2, 0.25) is 0 Å². The maximum atomic E-state index is 8.94. The van der Waals surface area contributed by atoms with Crippen LogP contribution in [0.4, 0.5) is 0 Å². The summed E-state index contributed by atoms with van der Waals surface area (Å²) in [6.45, 7) is 3.52. The highest BCUT2D eigenvalue weighted by Crippen LogP contribution is 2.34. The molecule has 11 heavy (non-hydrogen) atoms. The van der Waals surface area contributed by atoms with E-state index in [4.69, 9.17) is 5.11 Å². The molecule has 1 saturated carbocycles. The minimum absolute atomic E-state index is 0.133. The van der Waals surface area contributed by atoms with Gasteiger partial charge in [0.05, 0.1) is 6.61 Å². The largest absolute Gasteiger partial charge is 0.394 e. The lowest BCUT2D eigenvalue weighted by Gasteiger charge is -2.13. The van der Waals surface area contributed by atoms with Gasteiger partial charge in [-0.3, -0.25) is 0 Å². The normalized spacial score (nSPS) is 20.2. The molecule has 0 aromatic carbocycles. The van der Waals surface area contributed by atoms with Crippen LogP contribution in [0.25, 0.3) is 0 Å². The molecule has 0 saturated heterocycles. The van der Waals surface area contributed by atoms with Crippen molar-refractivity contribution >= 4 is 11.8 Å². The molecule has 0 aliphatic heterocycles. The van der Waals surface area contributed by atoms with Crippen LogP contribution in [0.3, 0.4) is 0 Å². The molecule has 1 rings (SSSR count). The first kappa shape index (κ1) is 9.36. The fourth-order valence-corrected chi connectivity index (χ4v) is 1.61. The van der Waals surface area contributed by atoms with E-state index in [0.29, 0.717) is 6.61 Å². The summed E-state index contributed by atoms with van der Waals surface area (Å²) in [6.07, 6.45) is 2.31. The first-order chi connectivity index (χ1) is 5.33. The van der Waals surface area contributed by atoms with Gasteiger partial charge < -0.3 is 10.4 Å². The topological polar surface area (TPSA) is 32.3 Å². The Hall–Kier alpha value is 0.270. The van der Waals surface area contributed by atoms with Crippen LogP contribution in [-0.4, -0.2) is 35.3 Å². The molecular weight excluding hydrogens is 158 g/mol. The molecule has 0 spiro atoms. The van der Waals surface area contributed by atoms with E-state index in [9.17, 15) is 0 Å². The molecule has 66 valence electrons. The molecule has 2 N–H and O–H groups in total. The Bertz CT molecular complexity index is 115. The highest BCUT2D eigenvalue weighted by molar-refractivity contribution is 7.99. The van der Waals surface area contributed by atoms with Gasteiger partial charge in [-0.05, 0) is 18.6 Å². The van der Waals surface area contributed by atoms with Crippen LogP contribution < -0.4 is 5.32 Å². The Kier molecular flexibility index (Phi) is 3.69. The van der Waals surface area contributed by atoms with Crippen molar-refractivity contribution in [2.24, 2.45) is 0 Å². The second-order valence-electron chi connectivity index (χ2n) is 3.06. The third-order valence-electron chi connectivity index (χ3n) is 2.11. The van der Waals surface area contributed by atoms with Crippen LogP contribution in [0.15, 0.2) is 0 Å². The van der Waals surface area contributed by atoms with Crippen molar-refractivity contribution in [1.82, 2.24) is 5.32 Å². The third-order valence-corrected chi connectivity index (χ3v) is 3.01. The Morgan fingerprint density at radius 2 is 2.27 bits per heavy atom. The minimum Gasteiger partial charge on any atom is -0.394 e. The average molecular weight is 175 g/mol. The number of nitrogens with one attached hydrogen (secondary N) is 1. The number of hydrogen-bond donors (Lipinski definition) is 2. The average Bonchev–Trinajstić information content (AvgIpc) is 2.80. The van der Waals surface area contributed by atoms with Crippen molar-refractivity contribution in [3.05, 3.63) is 0 Å². The molecular formula is C8H17NOS. The SMILES string of the molecule is CCSCCNC1(CO)CC1. The lowest BCUT2D eigenvalue weighted by atomic mass is 10.3. The van der Waals surface area contributed by atoms with Crippen molar-refractivity contribution in [2.45, 2.75) is 25.3 Å². The number of aliphatic hydroxyl groups excluding tert-OH is 1. The Balaban J connectivity index is 1.94. The molecule has 0 unspecified atom stereocenters. The molecule has 0 amide bonds. The summed E-state index contributed by atoms with van der Waals surface area (Å²) in [5, 5.41) is 12.3. The van der Waals surface area contributed by atoms with Gasteiger partial charge >= 0.3 is 0 Å². The van der Waals surface area contributed by atoms with Gasteiger partial charge in [0.15, 0.2) is 0 Å². The summed E-state index contributed by atoms with van der Waals surface area (Å²) < 4.78 is 0. The van der Waals surface area contributed by atoms with Gasteiger partial charge in [-0.15, -0.1) is 0 Å². The van der Waals surface area contributed by atoms with Crippen LogP contribution >= 0.6 is 11.8 Å². The smallest absolute Gasteiger partial charge is 0.0613 e. The number of hydrogen-bond acceptors (Lipinski definition) is 3. The van der Waals surface area contributed by atoms with Crippen LogP contribution in [-0.2, 0) is 0 Å². The van der Waals surface area contributed by atoms with Crippen molar-refractivity contribution in [3.63, 3.8) is 0 Å². The van der Waals surface area contributed by atoms with Crippen LogP contribution in [0.1, 0.15) is 19.8 Å². The first-order valence-electron chi connectivity index (χ1n) is 4.26. The maximum absolute atomic E-state index is 8.94. The van der Waals surface area contributed by atoms with E-state index in [0.717, 1.165) is 25.1 Å². The van der Waals surface area contributed by atoms with Gasteiger partial charge in [-0.2, -0.15) is 11.8 Å². The predicted octanol–water partition coefficient (Wildman–Crippen LogP) is 0.854. The zero-order valence-electron chi connectivity index (χ0n) is 7.10. The highest BCUT2D eigenvalue weighted by atomic mass is 32.2. The second kappa shape index (κ2) is 4.33. The number of thioether (sulfide) groups is 1. The van der Waals surface area contributed by atoms with Crippen LogP contribution in [0.5, 0.6) is 0 Å². The Morgan fingerprint density at radius 3 is 2.73 bits per heavy atom. The quantitative estimate of drug-likeness (QED) is 0.587. The van der Waals surface area contributed by atoms with Gasteiger partial charge in [0, 0.05) is 17.8 Å². The molecule has 1 fully saturated rings. The summed E-state index contributed by atoms with van der Waals surface area (Å²) in [6, 6.07) is 0. The van der Waals surface area contributed by atoms with E-state index in [-0.39, 0.29) is 5.54 Å². The Labute approximate surface area is 72.8 Å². The summed E-state index contributed by atoms with van der Waals surface area (Å²) in [7, 11) is 0. The lowest BCUT2D eigenvalue weighted by Crippen LogP contribution is -2.36. The summed E-state index contributed by atoms with van der Waals surface area (Å²) in [5.74, 6) is 2.35. The molecule has 0 atom stereocenters. The van der Waals surface area contributed by atoms with E-state index < -0.39 is 0 Å². The third kappa shape index (κ3) is 3.01. The lowest BCUT2D eigenvalue weighted by molar-refractivity contribution is 0.233. The van der Waals surface area contributed by atoms with Crippen LogP contribution in [0, 0.1) is 0 Å². The van der Waals surface area contributed by atoms with Crippen molar-refractivity contribution in [3.8, 4) is 0 Å². The van der Waals surface area contributed by atoms with Gasteiger partial charge in [0.2, 0.25) is 0 Å². The van der Waals surface area contributed by atoms with E-state index in [1.54, 1.807) is 0 Å². The molecule has 0 radical (unpaired) electrons. The number of rotatable bonds is 6. The molecule has 2 nitrogen and oxygen atoms in total.